The van der Waals surface area contributed by atoms with Gasteiger partial charge in [-0.15, -0.1) is 0 Å². The largest absolute Gasteiger partial charge is 0.358 e. The van der Waals surface area contributed by atoms with Crippen LogP contribution in [0.2, 0.25) is 5.02 Å². The predicted octanol–water partition coefficient (Wildman–Crippen LogP) is 4.43. The minimum absolute atomic E-state index is 0.0569. The molecule has 0 bridgehead atoms. The molecule has 2 aromatic heterocycles. The first-order valence-electron chi connectivity index (χ1n) is 11.7. The Labute approximate surface area is 219 Å². The number of hydrogen-bond acceptors (Lipinski definition) is 7. The molecular formula is C25H26ClN7O3S. The number of sulfonamides is 1. The number of aromatic nitrogens is 3. The number of anilines is 4. The van der Waals surface area contributed by atoms with Crippen molar-refractivity contribution in [2.45, 2.75) is 25.5 Å². The van der Waals surface area contributed by atoms with Crippen LogP contribution in [0.25, 0.3) is 10.9 Å². The Hall–Kier alpha value is -3.67. The van der Waals surface area contributed by atoms with Crippen LogP contribution < -0.4 is 15.8 Å². The highest BCUT2D eigenvalue weighted by Crippen LogP contribution is 2.30. The van der Waals surface area contributed by atoms with Crippen molar-refractivity contribution in [2.24, 2.45) is 5.14 Å². The number of H-pyrrole nitrogens is 1. The lowest BCUT2D eigenvalue weighted by molar-refractivity contribution is 0.0794. The number of halogens is 1. The van der Waals surface area contributed by atoms with E-state index in [1.807, 2.05) is 30.0 Å². The van der Waals surface area contributed by atoms with E-state index in [-0.39, 0.29) is 22.6 Å². The molecule has 5 rings (SSSR count). The summed E-state index contributed by atoms with van der Waals surface area (Å²) in [7, 11) is -3.73. The van der Waals surface area contributed by atoms with Gasteiger partial charge in [-0.05, 0) is 49.6 Å². The third-order valence-corrected chi connectivity index (χ3v) is 7.21. The third kappa shape index (κ3) is 5.53. The number of hydrogen-bond donors (Lipinski definition) is 4. The summed E-state index contributed by atoms with van der Waals surface area (Å²) < 4.78 is 23.2. The molecule has 5 N–H and O–H groups in total. The topological polar surface area (TPSA) is 146 Å². The molecule has 1 aliphatic rings. The average molecular weight is 540 g/mol. The number of carbonyl (C=O) groups is 1. The number of carbonyl (C=O) groups excluding carboxylic acids is 1. The van der Waals surface area contributed by atoms with Crippen LogP contribution >= 0.6 is 11.6 Å². The summed E-state index contributed by atoms with van der Waals surface area (Å²) in [6.07, 6.45) is 3.53. The van der Waals surface area contributed by atoms with Gasteiger partial charge in [0.2, 0.25) is 16.0 Å². The number of benzene rings is 2. The van der Waals surface area contributed by atoms with Gasteiger partial charge in [-0.1, -0.05) is 29.8 Å². The van der Waals surface area contributed by atoms with E-state index in [4.69, 9.17) is 16.7 Å². The summed E-state index contributed by atoms with van der Waals surface area (Å²) in [5.74, 6) is 0.312. The molecule has 0 saturated carbocycles. The molecule has 2 aromatic carbocycles. The molecule has 1 aliphatic heterocycles. The molecule has 1 fully saturated rings. The standard InChI is InChI=1S/C25H26ClN7O3S/c1-15-22(24(34)33-10-4-5-11-33)18-9-8-17(12-21(18)29-15)30-25-28-13-19(26)23(32-25)31-20-7-3-2-6-16(20)14-37(27,35)36/h2-3,6-9,12-13,29H,4-5,10-11,14H2,1H3,(H2,27,35,36)(H2,28,30,31,32). The number of primary sulfonamides is 1. The van der Waals surface area contributed by atoms with Crippen molar-refractivity contribution in [1.29, 1.82) is 0 Å². The van der Waals surface area contributed by atoms with Gasteiger partial charge in [0, 0.05) is 41.1 Å². The number of nitrogens with zero attached hydrogens (tertiary/aromatic N) is 3. The Morgan fingerprint density at radius 3 is 2.68 bits per heavy atom. The molecular weight excluding hydrogens is 514 g/mol. The molecule has 192 valence electrons. The summed E-state index contributed by atoms with van der Waals surface area (Å²) in [5.41, 5.74) is 4.08. The predicted molar refractivity (Wildman–Crippen MR) is 145 cm³/mol. The summed E-state index contributed by atoms with van der Waals surface area (Å²) in [6.45, 7) is 3.49. The van der Waals surface area contributed by atoms with Crippen molar-refractivity contribution >= 4 is 61.6 Å². The van der Waals surface area contributed by atoms with Gasteiger partial charge >= 0.3 is 0 Å². The van der Waals surface area contributed by atoms with Gasteiger partial charge in [0.05, 0.1) is 17.5 Å². The van der Waals surface area contributed by atoms with E-state index in [9.17, 15) is 13.2 Å². The number of fused-ring (bicyclic) bond motifs is 1. The Morgan fingerprint density at radius 1 is 1.16 bits per heavy atom. The number of nitrogens with two attached hydrogens (primary N) is 1. The van der Waals surface area contributed by atoms with Gasteiger partial charge in [0.25, 0.3) is 5.91 Å². The fraction of sp³-hybridized carbons (Fsp3) is 0.240. The molecule has 0 spiro atoms. The van der Waals surface area contributed by atoms with Crippen molar-refractivity contribution in [1.82, 2.24) is 19.9 Å². The number of nitrogens with one attached hydrogen (secondary N) is 3. The van der Waals surface area contributed by atoms with Gasteiger partial charge in [0.1, 0.15) is 5.02 Å². The maximum Gasteiger partial charge on any atom is 0.256 e. The van der Waals surface area contributed by atoms with Crippen molar-refractivity contribution in [3.8, 4) is 0 Å². The molecule has 0 aliphatic carbocycles. The Kier molecular flexibility index (Phi) is 6.76. The Morgan fingerprint density at radius 2 is 1.92 bits per heavy atom. The zero-order chi connectivity index (χ0) is 26.2. The molecule has 10 nitrogen and oxygen atoms in total. The minimum atomic E-state index is -3.73. The normalized spacial score (nSPS) is 13.8. The first-order chi connectivity index (χ1) is 17.7. The molecule has 0 radical (unpaired) electrons. The van der Waals surface area contributed by atoms with Crippen molar-refractivity contribution < 1.29 is 13.2 Å². The van der Waals surface area contributed by atoms with E-state index in [1.54, 1.807) is 24.3 Å². The number of likely N-dealkylation sites (tertiary alicyclic amines) is 1. The van der Waals surface area contributed by atoms with Crippen LogP contribution in [-0.2, 0) is 15.8 Å². The highest BCUT2D eigenvalue weighted by atomic mass is 35.5. The lowest BCUT2D eigenvalue weighted by atomic mass is 10.1. The van der Waals surface area contributed by atoms with Gasteiger partial charge in [0.15, 0.2) is 5.82 Å². The van der Waals surface area contributed by atoms with Crippen LogP contribution in [0.15, 0.2) is 48.7 Å². The second-order valence-electron chi connectivity index (χ2n) is 8.99. The minimum Gasteiger partial charge on any atom is -0.358 e. The van der Waals surface area contributed by atoms with E-state index in [0.29, 0.717) is 22.6 Å². The zero-order valence-electron chi connectivity index (χ0n) is 20.1. The smallest absolute Gasteiger partial charge is 0.256 e. The second kappa shape index (κ2) is 10.0. The Bertz CT molecular complexity index is 1600. The average Bonchev–Trinajstić information content (AvgIpc) is 3.48. The quantitative estimate of drug-likeness (QED) is 0.271. The summed E-state index contributed by atoms with van der Waals surface area (Å²) in [6, 6.07) is 12.5. The monoisotopic (exact) mass is 539 g/mol. The Balaban J connectivity index is 1.39. The number of aromatic amines is 1. The van der Waals surface area contributed by atoms with E-state index in [0.717, 1.165) is 48.2 Å². The van der Waals surface area contributed by atoms with Crippen LogP contribution in [-0.4, -0.2) is 47.3 Å². The van der Waals surface area contributed by atoms with Crippen LogP contribution in [0.1, 0.15) is 34.5 Å². The first kappa shape index (κ1) is 25.0. The van der Waals surface area contributed by atoms with Crippen molar-refractivity contribution in [3.05, 3.63) is 70.5 Å². The fourth-order valence-corrected chi connectivity index (χ4v) is 5.34. The van der Waals surface area contributed by atoms with Crippen molar-refractivity contribution in [2.75, 3.05) is 23.7 Å². The zero-order valence-corrected chi connectivity index (χ0v) is 21.7. The van der Waals surface area contributed by atoms with E-state index < -0.39 is 10.0 Å². The molecule has 4 aromatic rings. The maximum atomic E-state index is 13.0. The van der Waals surface area contributed by atoms with Crippen molar-refractivity contribution in [3.63, 3.8) is 0 Å². The van der Waals surface area contributed by atoms with Crippen LogP contribution in [0, 0.1) is 6.92 Å². The van der Waals surface area contributed by atoms with E-state index >= 15 is 0 Å². The highest BCUT2D eigenvalue weighted by molar-refractivity contribution is 7.88. The SMILES string of the molecule is Cc1[nH]c2cc(Nc3ncc(Cl)c(Nc4ccccc4CS(N)(=O)=O)n3)ccc2c1C(=O)N1CCCC1. The van der Waals surface area contributed by atoms with Crippen LogP contribution in [0.3, 0.4) is 0 Å². The van der Waals surface area contributed by atoms with Crippen LogP contribution in [0.5, 0.6) is 0 Å². The number of rotatable bonds is 7. The van der Waals surface area contributed by atoms with Gasteiger partial charge in [-0.25, -0.2) is 18.5 Å². The molecule has 3 heterocycles. The molecule has 12 heteroatoms. The molecule has 37 heavy (non-hydrogen) atoms. The molecule has 0 atom stereocenters. The molecule has 1 saturated heterocycles. The number of para-hydroxylation sites is 1. The second-order valence-corrected chi connectivity index (χ2v) is 11.0. The summed E-state index contributed by atoms with van der Waals surface area (Å²) in [4.78, 5) is 27.0. The lowest BCUT2D eigenvalue weighted by Crippen LogP contribution is -2.27. The number of aryl methyl sites for hydroxylation is 1. The van der Waals surface area contributed by atoms with Crippen LogP contribution in [0.4, 0.5) is 23.1 Å². The van der Waals surface area contributed by atoms with Gasteiger partial charge in [-0.2, -0.15) is 4.98 Å². The summed E-state index contributed by atoms with van der Waals surface area (Å²) >= 11 is 6.32. The summed E-state index contributed by atoms with van der Waals surface area (Å²) in [5, 5.41) is 12.6. The van der Waals surface area contributed by atoms with E-state index in [2.05, 4.69) is 25.6 Å². The van der Waals surface area contributed by atoms with Gasteiger partial charge in [-0.3, -0.25) is 4.79 Å². The third-order valence-electron chi connectivity index (χ3n) is 6.22. The maximum absolute atomic E-state index is 13.0. The first-order valence-corrected chi connectivity index (χ1v) is 13.8. The van der Waals surface area contributed by atoms with E-state index in [1.165, 1.54) is 6.20 Å². The fourth-order valence-electron chi connectivity index (χ4n) is 4.52. The highest BCUT2D eigenvalue weighted by Gasteiger charge is 2.24. The van der Waals surface area contributed by atoms with Gasteiger partial charge < -0.3 is 20.5 Å². The number of amides is 1. The molecule has 1 amide bonds. The molecule has 0 unspecified atom stereocenters. The lowest BCUT2D eigenvalue weighted by Gasteiger charge is -2.15.